The zero-order chi connectivity index (χ0) is 12.6. The van der Waals surface area contributed by atoms with Crippen LogP contribution in [-0.2, 0) is 19.0 Å². The van der Waals surface area contributed by atoms with E-state index in [1.54, 1.807) is 6.92 Å². The first kappa shape index (κ1) is 14.4. The Morgan fingerprint density at radius 3 is 2.44 bits per heavy atom. The fourth-order valence-corrected chi connectivity index (χ4v) is 0.652. The summed E-state index contributed by atoms with van der Waals surface area (Å²) < 4.78 is 14.1. The lowest BCUT2D eigenvalue weighted by atomic mass is 10.4. The van der Waals surface area contributed by atoms with Crippen LogP contribution in [0.3, 0.4) is 0 Å². The van der Waals surface area contributed by atoms with Crippen molar-refractivity contribution in [2.45, 2.75) is 26.1 Å². The van der Waals surface area contributed by atoms with Crippen molar-refractivity contribution in [1.82, 2.24) is 0 Å². The maximum absolute atomic E-state index is 11.0. The van der Waals surface area contributed by atoms with Gasteiger partial charge >= 0.3 is 6.16 Å². The quantitative estimate of drug-likeness (QED) is 0.366. The second-order valence-electron chi connectivity index (χ2n) is 3.06. The van der Waals surface area contributed by atoms with E-state index in [9.17, 15) is 14.9 Å². The Kier molecular flexibility index (Phi) is 6.93. The third-order valence-electron chi connectivity index (χ3n) is 1.55. The van der Waals surface area contributed by atoms with Crippen LogP contribution in [0.2, 0.25) is 0 Å². The summed E-state index contributed by atoms with van der Waals surface area (Å²) >= 11 is 0. The van der Waals surface area contributed by atoms with E-state index in [2.05, 4.69) is 14.3 Å². The summed E-state index contributed by atoms with van der Waals surface area (Å²) in [6.07, 6.45) is -1.91. The number of ether oxygens (including phenoxy) is 3. The van der Waals surface area contributed by atoms with Crippen molar-refractivity contribution in [3.63, 3.8) is 0 Å². The number of rotatable bonds is 7. The molecular formula is C8H15NO7. The Bertz CT molecular complexity index is 232. The molecule has 8 heteroatoms. The van der Waals surface area contributed by atoms with Crippen molar-refractivity contribution in [2.24, 2.45) is 0 Å². The van der Waals surface area contributed by atoms with Gasteiger partial charge in [0.25, 0.3) is 5.09 Å². The van der Waals surface area contributed by atoms with Crippen molar-refractivity contribution in [3.8, 4) is 0 Å². The molecule has 0 aromatic rings. The normalized spacial score (nSPS) is 13.7. The van der Waals surface area contributed by atoms with E-state index in [-0.39, 0.29) is 19.3 Å². The Morgan fingerprint density at radius 1 is 1.31 bits per heavy atom. The van der Waals surface area contributed by atoms with Gasteiger partial charge in [0, 0.05) is 7.11 Å². The molecule has 2 unspecified atom stereocenters. The summed E-state index contributed by atoms with van der Waals surface area (Å²) in [4.78, 5) is 24.8. The highest BCUT2D eigenvalue weighted by atomic mass is 17.0. The maximum Gasteiger partial charge on any atom is 0.508 e. The minimum Gasteiger partial charge on any atom is -0.432 e. The third-order valence-corrected chi connectivity index (χ3v) is 1.55. The first-order valence-electron chi connectivity index (χ1n) is 4.59. The molecule has 0 amide bonds. The summed E-state index contributed by atoms with van der Waals surface area (Å²) in [5, 5.41) is 8.88. The van der Waals surface area contributed by atoms with Crippen LogP contribution in [0.15, 0.2) is 0 Å². The molecule has 0 spiro atoms. The molecule has 0 aliphatic rings. The Hall–Kier alpha value is -1.57. The standard InChI is InChI=1S/C8H15NO7/c1-6(13-3)4-14-8(10)16-7(2)5-15-9(11)12/h6-7H,4-5H2,1-3H3. The molecule has 0 fully saturated rings. The molecule has 0 N–H and O–H groups in total. The number of hydrogen-bond acceptors (Lipinski definition) is 7. The molecule has 0 radical (unpaired) electrons. The Morgan fingerprint density at radius 2 is 1.94 bits per heavy atom. The smallest absolute Gasteiger partial charge is 0.432 e. The molecule has 0 saturated carbocycles. The molecule has 0 aromatic carbocycles. The number of hydrogen-bond donors (Lipinski definition) is 0. The lowest BCUT2D eigenvalue weighted by Gasteiger charge is -2.13. The van der Waals surface area contributed by atoms with E-state index >= 15 is 0 Å². The zero-order valence-corrected chi connectivity index (χ0v) is 9.37. The average Bonchev–Trinajstić information content (AvgIpc) is 2.23. The van der Waals surface area contributed by atoms with Gasteiger partial charge in [-0.15, -0.1) is 10.1 Å². The molecule has 2 atom stereocenters. The molecule has 0 aromatic heterocycles. The zero-order valence-electron chi connectivity index (χ0n) is 9.37. The highest BCUT2D eigenvalue weighted by Crippen LogP contribution is 1.97. The van der Waals surface area contributed by atoms with Crippen molar-refractivity contribution < 1.29 is 28.9 Å². The van der Waals surface area contributed by atoms with Crippen LogP contribution in [0.5, 0.6) is 0 Å². The van der Waals surface area contributed by atoms with Gasteiger partial charge in [-0.1, -0.05) is 0 Å². The predicted molar refractivity (Wildman–Crippen MR) is 51.3 cm³/mol. The van der Waals surface area contributed by atoms with Gasteiger partial charge in [-0.25, -0.2) is 4.79 Å². The fourth-order valence-electron chi connectivity index (χ4n) is 0.652. The van der Waals surface area contributed by atoms with E-state index in [0.29, 0.717) is 0 Å². The topological polar surface area (TPSA) is 97.1 Å². The van der Waals surface area contributed by atoms with Crippen molar-refractivity contribution in [3.05, 3.63) is 10.1 Å². The first-order chi connectivity index (χ1) is 7.45. The van der Waals surface area contributed by atoms with Gasteiger partial charge in [0.2, 0.25) is 0 Å². The van der Waals surface area contributed by atoms with Crippen LogP contribution in [0.1, 0.15) is 13.8 Å². The third kappa shape index (κ3) is 7.80. The molecule has 0 rings (SSSR count). The van der Waals surface area contributed by atoms with Crippen molar-refractivity contribution in [1.29, 1.82) is 0 Å². The SMILES string of the molecule is COC(C)COC(=O)OC(C)CO[N+](=O)[O-]. The van der Waals surface area contributed by atoms with Gasteiger partial charge in [0.15, 0.2) is 0 Å². The summed E-state index contributed by atoms with van der Waals surface area (Å²) in [5.41, 5.74) is 0. The van der Waals surface area contributed by atoms with E-state index in [1.807, 2.05) is 0 Å². The summed E-state index contributed by atoms with van der Waals surface area (Å²) in [6.45, 7) is 2.89. The van der Waals surface area contributed by atoms with Crippen molar-refractivity contribution in [2.75, 3.05) is 20.3 Å². The van der Waals surface area contributed by atoms with Crippen LogP contribution in [0, 0.1) is 10.1 Å². The summed E-state index contributed by atoms with van der Waals surface area (Å²) in [6, 6.07) is 0. The second kappa shape index (κ2) is 7.69. The lowest BCUT2D eigenvalue weighted by molar-refractivity contribution is -0.759. The minimum absolute atomic E-state index is 0.0537. The number of methoxy groups -OCH3 is 1. The van der Waals surface area contributed by atoms with Gasteiger partial charge < -0.3 is 19.0 Å². The van der Waals surface area contributed by atoms with Gasteiger partial charge in [-0.3, -0.25) is 0 Å². The summed E-state index contributed by atoms with van der Waals surface area (Å²) in [7, 11) is 1.48. The molecule has 0 aliphatic heterocycles. The molecule has 0 saturated heterocycles. The van der Waals surface area contributed by atoms with Crippen LogP contribution in [0.4, 0.5) is 4.79 Å². The highest BCUT2D eigenvalue weighted by Gasteiger charge is 2.13. The van der Waals surface area contributed by atoms with E-state index in [4.69, 9.17) is 4.74 Å². The van der Waals surface area contributed by atoms with Gasteiger partial charge in [0.05, 0.1) is 6.10 Å². The summed E-state index contributed by atoms with van der Waals surface area (Å²) in [5.74, 6) is 0. The van der Waals surface area contributed by atoms with Crippen LogP contribution >= 0.6 is 0 Å². The van der Waals surface area contributed by atoms with Crippen LogP contribution < -0.4 is 0 Å². The maximum atomic E-state index is 11.0. The fraction of sp³-hybridized carbons (Fsp3) is 0.875. The number of carbonyl (C=O) groups is 1. The molecular weight excluding hydrogens is 222 g/mol. The van der Waals surface area contributed by atoms with E-state index in [1.165, 1.54) is 14.0 Å². The molecule has 8 nitrogen and oxygen atoms in total. The Labute approximate surface area is 92.5 Å². The van der Waals surface area contributed by atoms with Gasteiger partial charge in [-0.05, 0) is 13.8 Å². The molecule has 0 bridgehead atoms. The number of carbonyl (C=O) groups excluding carboxylic acids is 1. The van der Waals surface area contributed by atoms with Gasteiger partial charge in [0.1, 0.15) is 19.3 Å². The van der Waals surface area contributed by atoms with Gasteiger partial charge in [-0.2, -0.15) is 0 Å². The molecule has 16 heavy (non-hydrogen) atoms. The highest BCUT2D eigenvalue weighted by molar-refractivity contribution is 5.60. The number of nitrogens with zero attached hydrogens (tertiary/aromatic N) is 1. The van der Waals surface area contributed by atoms with E-state index < -0.39 is 17.3 Å². The molecule has 0 aliphatic carbocycles. The monoisotopic (exact) mass is 237 g/mol. The average molecular weight is 237 g/mol. The van der Waals surface area contributed by atoms with Crippen LogP contribution in [0.25, 0.3) is 0 Å². The predicted octanol–water partition coefficient (Wildman–Crippen LogP) is 0.771. The molecule has 0 heterocycles. The second-order valence-corrected chi connectivity index (χ2v) is 3.06. The Balaban J connectivity index is 3.65. The first-order valence-corrected chi connectivity index (χ1v) is 4.59. The lowest BCUT2D eigenvalue weighted by Crippen LogP contribution is -2.25. The largest absolute Gasteiger partial charge is 0.508 e. The van der Waals surface area contributed by atoms with Crippen LogP contribution in [-0.4, -0.2) is 43.8 Å². The van der Waals surface area contributed by atoms with E-state index in [0.717, 1.165) is 0 Å². The van der Waals surface area contributed by atoms with Crippen molar-refractivity contribution >= 4 is 6.16 Å². The minimum atomic E-state index is -0.960. The molecule has 94 valence electrons.